The van der Waals surface area contributed by atoms with Gasteiger partial charge in [0.15, 0.2) is 0 Å². The summed E-state index contributed by atoms with van der Waals surface area (Å²) in [5.74, 6) is -0.539. The highest BCUT2D eigenvalue weighted by Crippen LogP contribution is 2.13. The molecule has 1 aromatic rings. The van der Waals surface area contributed by atoms with E-state index >= 15 is 0 Å². The lowest BCUT2D eigenvalue weighted by atomic mass is 10.2. The fourth-order valence-electron chi connectivity index (χ4n) is 1.17. The third-order valence-corrected chi connectivity index (χ3v) is 3.13. The molecule has 1 aromatic carbocycles. The number of sulfonamides is 1. The zero-order chi connectivity index (χ0) is 12.2. The summed E-state index contributed by atoms with van der Waals surface area (Å²) in [6, 6.07) is 6.19. The molecule has 0 fully saturated rings. The van der Waals surface area contributed by atoms with Crippen molar-refractivity contribution in [2.45, 2.75) is 11.4 Å². The summed E-state index contributed by atoms with van der Waals surface area (Å²) in [5.41, 5.74) is 0.434. The van der Waals surface area contributed by atoms with Crippen molar-refractivity contribution in [3.63, 3.8) is 0 Å². The molecular weight excluding hydrogens is 252 g/mol. The first-order valence-corrected chi connectivity index (χ1v) is 6.46. The van der Waals surface area contributed by atoms with Crippen molar-refractivity contribution in [1.29, 1.82) is 0 Å². The smallest absolute Gasteiger partial charge is 0.238 e. The van der Waals surface area contributed by atoms with E-state index in [1.54, 1.807) is 18.2 Å². The Balaban J connectivity index is 2.93. The predicted molar refractivity (Wildman–Crippen MR) is 60.4 cm³/mol. The Morgan fingerprint density at radius 3 is 2.56 bits per heavy atom. The van der Waals surface area contributed by atoms with Gasteiger partial charge in [0.1, 0.15) is 5.88 Å². The number of halogens is 1. The molecule has 0 saturated carbocycles. The third kappa shape index (κ3) is 3.48. The monoisotopic (exact) mass is 262 g/mol. The maximum Gasteiger partial charge on any atom is 0.238 e. The number of carbonyl (C=O) groups excluding carboxylic acids is 1. The average molecular weight is 263 g/mol. The van der Waals surface area contributed by atoms with Gasteiger partial charge in [-0.1, -0.05) is 18.2 Å². The largest absolute Gasteiger partial charge is 0.351 e. The van der Waals surface area contributed by atoms with Gasteiger partial charge in [-0.25, -0.2) is 13.6 Å². The van der Waals surface area contributed by atoms with Crippen LogP contribution in [0.3, 0.4) is 0 Å². The molecular formula is C9H11ClN2O3S. The number of rotatable bonds is 4. The summed E-state index contributed by atoms with van der Waals surface area (Å²) in [5, 5.41) is 7.50. The van der Waals surface area contributed by atoms with Gasteiger partial charge in [0, 0.05) is 6.54 Å². The van der Waals surface area contributed by atoms with Gasteiger partial charge >= 0.3 is 0 Å². The molecule has 88 valence electrons. The zero-order valence-corrected chi connectivity index (χ0v) is 9.88. The molecule has 1 rings (SSSR count). The summed E-state index contributed by atoms with van der Waals surface area (Å²) in [4.78, 5) is 10.9. The molecule has 0 saturated heterocycles. The minimum Gasteiger partial charge on any atom is -0.351 e. The Morgan fingerprint density at radius 1 is 1.38 bits per heavy atom. The van der Waals surface area contributed by atoms with Crippen molar-refractivity contribution in [2.24, 2.45) is 5.14 Å². The van der Waals surface area contributed by atoms with Crippen molar-refractivity contribution >= 4 is 27.5 Å². The summed E-state index contributed by atoms with van der Waals surface area (Å²) >= 11 is 5.29. The van der Waals surface area contributed by atoms with Gasteiger partial charge in [-0.3, -0.25) is 4.79 Å². The van der Waals surface area contributed by atoms with Gasteiger partial charge in [-0.15, -0.1) is 11.6 Å². The Hall–Kier alpha value is -1.11. The van der Waals surface area contributed by atoms with E-state index in [0.717, 1.165) is 0 Å². The molecule has 0 aliphatic heterocycles. The van der Waals surface area contributed by atoms with Crippen LogP contribution >= 0.6 is 11.6 Å². The lowest BCUT2D eigenvalue weighted by molar-refractivity contribution is -0.118. The highest BCUT2D eigenvalue weighted by Gasteiger charge is 2.13. The van der Waals surface area contributed by atoms with E-state index in [1.807, 2.05) is 0 Å². The van der Waals surface area contributed by atoms with E-state index in [2.05, 4.69) is 5.32 Å². The molecule has 0 unspecified atom stereocenters. The molecule has 0 aliphatic rings. The SMILES string of the molecule is NS(=O)(=O)c1ccccc1CNC(=O)CCl. The maximum atomic E-state index is 11.2. The second-order valence-corrected chi connectivity index (χ2v) is 4.86. The number of benzene rings is 1. The summed E-state index contributed by atoms with van der Waals surface area (Å²) in [6.45, 7) is 0.0815. The minimum absolute atomic E-state index is 0.00451. The van der Waals surface area contributed by atoms with Gasteiger partial charge < -0.3 is 5.32 Å². The Bertz CT molecular complexity index is 487. The number of hydrogen-bond donors (Lipinski definition) is 2. The van der Waals surface area contributed by atoms with Crippen molar-refractivity contribution in [3.8, 4) is 0 Å². The highest BCUT2D eigenvalue weighted by atomic mass is 35.5. The molecule has 0 heterocycles. The van der Waals surface area contributed by atoms with Crippen molar-refractivity contribution in [3.05, 3.63) is 29.8 Å². The maximum absolute atomic E-state index is 11.2. The molecule has 3 N–H and O–H groups in total. The second-order valence-electron chi connectivity index (χ2n) is 3.06. The third-order valence-electron chi connectivity index (χ3n) is 1.88. The van der Waals surface area contributed by atoms with Crippen LogP contribution in [0.2, 0.25) is 0 Å². The van der Waals surface area contributed by atoms with E-state index < -0.39 is 10.0 Å². The second kappa shape index (κ2) is 5.29. The van der Waals surface area contributed by atoms with Gasteiger partial charge in [0.25, 0.3) is 0 Å². The normalized spacial score (nSPS) is 11.1. The van der Waals surface area contributed by atoms with Gasteiger partial charge in [0.2, 0.25) is 15.9 Å². The Labute approximate surface area is 98.6 Å². The molecule has 16 heavy (non-hydrogen) atoms. The van der Waals surface area contributed by atoms with Crippen molar-refractivity contribution in [2.75, 3.05) is 5.88 Å². The highest BCUT2D eigenvalue weighted by molar-refractivity contribution is 7.89. The van der Waals surface area contributed by atoms with Crippen LogP contribution in [0.1, 0.15) is 5.56 Å². The average Bonchev–Trinajstić information content (AvgIpc) is 2.25. The van der Waals surface area contributed by atoms with Gasteiger partial charge in [0.05, 0.1) is 4.90 Å². The molecule has 0 spiro atoms. The molecule has 0 aromatic heterocycles. The molecule has 0 aliphatic carbocycles. The van der Waals surface area contributed by atoms with Crippen LogP contribution in [-0.4, -0.2) is 20.2 Å². The topological polar surface area (TPSA) is 89.3 Å². The molecule has 0 radical (unpaired) electrons. The lowest BCUT2D eigenvalue weighted by Crippen LogP contribution is -2.25. The first-order valence-electron chi connectivity index (χ1n) is 4.38. The first kappa shape index (κ1) is 13.0. The first-order chi connectivity index (χ1) is 7.45. The van der Waals surface area contributed by atoms with Crippen molar-refractivity contribution < 1.29 is 13.2 Å². The van der Waals surface area contributed by atoms with Crippen LogP contribution in [0, 0.1) is 0 Å². The quantitative estimate of drug-likeness (QED) is 0.759. The van der Waals surface area contributed by atoms with E-state index in [9.17, 15) is 13.2 Å². The van der Waals surface area contributed by atoms with E-state index in [0.29, 0.717) is 5.56 Å². The molecule has 5 nitrogen and oxygen atoms in total. The fourth-order valence-corrected chi connectivity index (χ4v) is 2.04. The molecule has 7 heteroatoms. The lowest BCUT2D eigenvalue weighted by Gasteiger charge is -2.07. The van der Waals surface area contributed by atoms with Crippen LogP contribution in [-0.2, 0) is 21.4 Å². The van der Waals surface area contributed by atoms with Gasteiger partial charge in [-0.2, -0.15) is 0 Å². The minimum atomic E-state index is -3.77. The van der Waals surface area contributed by atoms with Crippen LogP contribution in [0.5, 0.6) is 0 Å². The summed E-state index contributed by atoms with van der Waals surface area (Å²) < 4.78 is 22.4. The van der Waals surface area contributed by atoms with E-state index in [-0.39, 0.29) is 23.2 Å². The number of amides is 1. The number of nitrogens with one attached hydrogen (secondary N) is 1. The van der Waals surface area contributed by atoms with Crippen LogP contribution in [0.15, 0.2) is 29.2 Å². The summed E-state index contributed by atoms with van der Waals surface area (Å²) in [7, 11) is -3.77. The number of carbonyl (C=O) groups is 1. The Kier molecular flexibility index (Phi) is 4.28. The van der Waals surface area contributed by atoms with Crippen LogP contribution in [0.25, 0.3) is 0 Å². The number of primary sulfonamides is 1. The molecule has 0 bridgehead atoms. The zero-order valence-electron chi connectivity index (χ0n) is 8.31. The van der Waals surface area contributed by atoms with E-state index in [1.165, 1.54) is 6.07 Å². The van der Waals surface area contributed by atoms with Crippen LogP contribution < -0.4 is 10.5 Å². The number of alkyl halides is 1. The predicted octanol–water partition coefficient (Wildman–Crippen LogP) is 0.189. The van der Waals surface area contributed by atoms with E-state index in [4.69, 9.17) is 16.7 Å². The number of nitrogens with two attached hydrogens (primary N) is 1. The molecule has 0 atom stereocenters. The van der Waals surface area contributed by atoms with Crippen molar-refractivity contribution in [1.82, 2.24) is 5.32 Å². The summed E-state index contributed by atoms with van der Waals surface area (Å²) in [6.07, 6.45) is 0. The standard InChI is InChI=1S/C9H11ClN2O3S/c10-5-9(13)12-6-7-3-1-2-4-8(7)16(11,14)15/h1-4H,5-6H2,(H,12,13)(H2,11,14,15). The molecule has 1 amide bonds. The number of hydrogen-bond acceptors (Lipinski definition) is 3. The van der Waals surface area contributed by atoms with Crippen LogP contribution in [0.4, 0.5) is 0 Å². The Morgan fingerprint density at radius 2 is 2.00 bits per heavy atom. The fraction of sp³-hybridized carbons (Fsp3) is 0.222. The van der Waals surface area contributed by atoms with Gasteiger partial charge in [-0.05, 0) is 11.6 Å².